The second-order valence-electron chi connectivity index (χ2n) is 8.56. The van der Waals surface area contributed by atoms with Crippen molar-refractivity contribution < 1.29 is 14.0 Å². The summed E-state index contributed by atoms with van der Waals surface area (Å²) in [6, 6.07) is 10.5. The fourth-order valence-corrected chi connectivity index (χ4v) is 4.57. The lowest BCUT2D eigenvalue weighted by atomic mass is 9.88. The number of piperidine rings is 1. The van der Waals surface area contributed by atoms with Crippen LogP contribution in [0.1, 0.15) is 65.9 Å². The number of carbonyl (C=O) groups excluding carboxylic acids is 2. The monoisotopic (exact) mass is 409 g/mol. The number of likely N-dealkylation sites (tertiary alicyclic amines) is 1. The van der Waals surface area contributed by atoms with E-state index in [0.29, 0.717) is 11.3 Å². The van der Waals surface area contributed by atoms with Crippen LogP contribution >= 0.6 is 0 Å². The predicted molar refractivity (Wildman–Crippen MR) is 117 cm³/mol. The van der Waals surface area contributed by atoms with Crippen molar-refractivity contribution in [1.29, 1.82) is 0 Å². The molecule has 2 heterocycles. The minimum absolute atomic E-state index is 0.0513. The van der Waals surface area contributed by atoms with Crippen LogP contribution < -0.4 is 10.6 Å². The average Bonchev–Trinajstić information content (AvgIpc) is 3.32. The first-order chi connectivity index (χ1) is 14.7. The van der Waals surface area contributed by atoms with Crippen LogP contribution in [0.25, 0.3) is 0 Å². The molecule has 1 saturated carbocycles. The lowest BCUT2D eigenvalue weighted by molar-refractivity contribution is 0.0901. The first kappa shape index (κ1) is 20.7. The summed E-state index contributed by atoms with van der Waals surface area (Å²) in [6.45, 7) is 3.37. The molecule has 2 fully saturated rings. The summed E-state index contributed by atoms with van der Waals surface area (Å²) in [4.78, 5) is 27.2. The first-order valence-electron chi connectivity index (χ1n) is 11.2. The molecule has 6 heteroatoms. The van der Waals surface area contributed by atoms with Crippen LogP contribution in [0.2, 0.25) is 0 Å². The quantitative estimate of drug-likeness (QED) is 0.746. The Morgan fingerprint density at radius 2 is 1.67 bits per heavy atom. The summed E-state index contributed by atoms with van der Waals surface area (Å²) in [5.74, 6) is 0.769. The number of anilines is 1. The maximum atomic E-state index is 12.6. The number of amides is 2. The molecule has 30 heavy (non-hydrogen) atoms. The zero-order valence-electron chi connectivity index (χ0n) is 17.4. The number of furan rings is 1. The second kappa shape index (κ2) is 9.94. The Labute approximate surface area is 178 Å². The van der Waals surface area contributed by atoms with Crippen LogP contribution in [-0.2, 0) is 0 Å². The maximum Gasteiger partial charge on any atom is 0.291 e. The third kappa shape index (κ3) is 5.51. The van der Waals surface area contributed by atoms with Crippen LogP contribution in [0, 0.1) is 5.92 Å². The van der Waals surface area contributed by atoms with Gasteiger partial charge in [0.15, 0.2) is 5.76 Å². The van der Waals surface area contributed by atoms with Crippen molar-refractivity contribution in [3.63, 3.8) is 0 Å². The fraction of sp³-hybridized carbons (Fsp3) is 0.500. The predicted octanol–water partition coefficient (Wildman–Crippen LogP) is 4.31. The Morgan fingerprint density at radius 3 is 2.33 bits per heavy atom. The number of rotatable bonds is 6. The van der Waals surface area contributed by atoms with Gasteiger partial charge in [-0.05, 0) is 68.0 Å². The van der Waals surface area contributed by atoms with Gasteiger partial charge in [-0.25, -0.2) is 0 Å². The fourth-order valence-electron chi connectivity index (χ4n) is 4.57. The van der Waals surface area contributed by atoms with E-state index < -0.39 is 0 Å². The molecule has 4 rings (SSSR count). The molecular formula is C24H31N3O3. The topological polar surface area (TPSA) is 74.6 Å². The molecular weight excluding hydrogens is 378 g/mol. The molecule has 0 bridgehead atoms. The molecule has 0 spiro atoms. The molecule has 1 saturated heterocycles. The highest BCUT2D eigenvalue weighted by atomic mass is 16.3. The van der Waals surface area contributed by atoms with E-state index in [9.17, 15) is 9.59 Å². The highest BCUT2D eigenvalue weighted by molar-refractivity contribution is 6.02. The molecule has 6 nitrogen and oxygen atoms in total. The third-order valence-electron chi connectivity index (χ3n) is 6.31. The number of hydrogen-bond acceptors (Lipinski definition) is 4. The summed E-state index contributed by atoms with van der Waals surface area (Å²) in [5.41, 5.74) is 1.24. The van der Waals surface area contributed by atoms with Gasteiger partial charge in [0.25, 0.3) is 11.8 Å². The zero-order chi connectivity index (χ0) is 20.8. The molecule has 1 aliphatic heterocycles. The highest BCUT2D eigenvalue weighted by Crippen LogP contribution is 2.25. The van der Waals surface area contributed by atoms with Gasteiger partial charge in [0, 0.05) is 36.9 Å². The number of hydrogen-bond donors (Lipinski definition) is 2. The van der Waals surface area contributed by atoms with Gasteiger partial charge in [-0.15, -0.1) is 0 Å². The lowest BCUT2D eigenvalue weighted by Crippen LogP contribution is -2.45. The zero-order valence-corrected chi connectivity index (χ0v) is 17.4. The molecule has 1 aromatic carbocycles. The van der Waals surface area contributed by atoms with E-state index in [1.807, 2.05) is 0 Å². The Kier molecular flexibility index (Phi) is 6.84. The first-order valence-corrected chi connectivity index (χ1v) is 11.2. The van der Waals surface area contributed by atoms with Crippen LogP contribution in [0.3, 0.4) is 0 Å². The molecule has 1 aliphatic carbocycles. The number of nitrogens with one attached hydrogen (secondary N) is 2. The highest BCUT2D eigenvalue weighted by Gasteiger charge is 2.24. The van der Waals surface area contributed by atoms with E-state index in [1.54, 1.807) is 36.4 Å². The number of nitrogens with zero attached hydrogens (tertiary/aromatic N) is 1. The third-order valence-corrected chi connectivity index (χ3v) is 6.31. The molecule has 2 aromatic rings. The molecule has 2 N–H and O–H groups in total. The van der Waals surface area contributed by atoms with Crippen LogP contribution in [0.15, 0.2) is 47.1 Å². The summed E-state index contributed by atoms with van der Waals surface area (Å²) < 4.78 is 5.08. The van der Waals surface area contributed by atoms with Crippen molar-refractivity contribution >= 4 is 17.5 Å². The van der Waals surface area contributed by atoms with Crippen LogP contribution in [0.4, 0.5) is 5.69 Å². The maximum absolute atomic E-state index is 12.6. The Morgan fingerprint density at radius 1 is 0.933 bits per heavy atom. The standard InChI is InChI=1S/C24H31N3O3/c28-23(19-8-10-20(11-9-19)26-24(29)22-7-4-16-30-22)25-21-12-14-27(15-13-21)17-18-5-2-1-3-6-18/h4,7-11,16,18,21H,1-3,5-6,12-15,17H2,(H,25,28)(H,26,29). The molecule has 0 unspecified atom stereocenters. The van der Waals surface area contributed by atoms with Gasteiger partial charge in [0.1, 0.15) is 0 Å². The van der Waals surface area contributed by atoms with Gasteiger partial charge in [0.2, 0.25) is 0 Å². The van der Waals surface area contributed by atoms with Gasteiger partial charge in [-0.3, -0.25) is 9.59 Å². The molecule has 0 radical (unpaired) electrons. The van der Waals surface area contributed by atoms with Gasteiger partial charge in [-0.2, -0.15) is 0 Å². The van der Waals surface area contributed by atoms with Crippen molar-refractivity contribution in [2.45, 2.75) is 51.0 Å². The minimum atomic E-state index is -0.308. The van der Waals surface area contributed by atoms with Crippen molar-refractivity contribution in [3.05, 3.63) is 54.0 Å². The Balaban J connectivity index is 1.22. The minimum Gasteiger partial charge on any atom is -0.459 e. The molecule has 2 aliphatic rings. The summed E-state index contributed by atoms with van der Waals surface area (Å²) in [5, 5.41) is 5.93. The van der Waals surface area contributed by atoms with Gasteiger partial charge in [0.05, 0.1) is 6.26 Å². The second-order valence-corrected chi connectivity index (χ2v) is 8.56. The molecule has 0 atom stereocenters. The van der Waals surface area contributed by atoms with E-state index in [0.717, 1.165) is 31.8 Å². The average molecular weight is 410 g/mol. The van der Waals surface area contributed by atoms with Crippen molar-refractivity contribution in [1.82, 2.24) is 10.2 Å². The smallest absolute Gasteiger partial charge is 0.291 e. The lowest BCUT2D eigenvalue weighted by Gasteiger charge is -2.35. The number of benzene rings is 1. The van der Waals surface area contributed by atoms with Crippen molar-refractivity contribution in [2.24, 2.45) is 5.92 Å². The van der Waals surface area contributed by atoms with E-state index in [2.05, 4.69) is 15.5 Å². The van der Waals surface area contributed by atoms with Gasteiger partial charge >= 0.3 is 0 Å². The van der Waals surface area contributed by atoms with E-state index >= 15 is 0 Å². The van der Waals surface area contributed by atoms with Gasteiger partial charge < -0.3 is 20.0 Å². The van der Waals surface area contributed by atoms with Crippen molar-refractivity contribution in [2.75, 3.05) is 25.0 Å². The largest absolute Gasteiger partial charge is 0.459 e. The van der Waals surface area contributed by atoms with E-state index in [-0.39, 0.29) is 23.6 Å². The Hall–Kier alpha value is -2.60. The SMILES string of the molecule is O=C(NC1CCN(CC2CCCCC2)CC1)c1ccc(NC(=O)c2ccco2)cc1. The van der Waals surface area contributed by atoms with E-state index in [1.165, 1.54) is 44.9 Å². The van der Waals surface area contributed by atoms with Crippen molar-refractivity contribution in [3.8, 4) is 0 Å². The van der Waals surface area contributed by atoms with Crippen LogP contribution in [-0.4, -0.2) is 42.4 Å². The molecule has 2 amide bonds. The summed E-state index contributed by atoms with van der Waals surface area (Å²) >= 11 is 0. The van der Waals surface area contributed by atoms with Crippen LogP contribution in [0.5, 0.6) is 0 Å². The van der Waals surface area contributed by atoms with E-state index in [4.69, 9.17) is 4.42 Å². The summed E-state index contributed by atoms with van der Waals surface area (Å²) in [7, 11) is 0. The summed E-state index contributed by atoms with van der Waals surface area (Å²) in [6.07, 6.45) is 10.4. The Bertz CT molecular complexity index is 818. The molecule has 160 valence electrons. The normalized spacial score (nSPS) is 18.8. The molecule has 1 aromatic heterocycles. The van der Waals surface area contributed by atoms with Gasteiger partial charge in [-0.1, -0.05) is 19.3 Å². The number of carbonyl (C=O) groups is 2.